The third-order valence-corrected chi connectivity index (χ3v) is 7.22. The lowest BCUT2D eigenvalue weighted by atomic mass is 9.83. The first-order valence-corrected chi connectivity index (χ1v) is 11.6. The third kappa shape index (κ3) is 5.16. The topological polar surface area (TPSA) is 105 Å². The zero-order valence-corrected chi connectivity index (χ0v) is 19.1. The van der Waals surface area contributed by atoms with Gasteiger partial charge in [0.1, 0.15) is 5.69 Å². The van der Waals surface area contributed by atoms with Crippen LogP contribution >= 0.6 is 11.3 Å². The molecule has 1 fully saturated rings. The van der Waals surface area contributed by atoms with Crippen LogP contribution in [0, 0.1) is 5.92 Å². The van der Waals surface area contributed by atoms with Gasteiger partial charge in [0.15, 0.2) is 6.23 Å². The Bertz CT molecular complexity index is 1180. The Hall–Kier alpha value is -2.76. The third-order valence-electron chi connectivity index (χ3n) is 6.04. The van der Waals surface area contributed by atoms with Crippen LogP contribution in [0.2, 0.25) is 0 Å². The van der Waals surface area contributed by atoms with Crippen LogP contribution in [0.25, 0.3) is 10.2 Å². The number of halogens is 3. The average Bonchev–Trinajstić information content (AvgIpc) is 3.25. The van der Waals surface area contributed by atoms with Gasteiger partial charge in [-0.3, -0.25) is 0 Å². The normalized spacial score (nSPS) is 19.7. The number of alkyl halides is 3. The molecular formula is C23H24F3N3O4S. The molecule has 1 aliphatic rings. The molecule has 0 aliphatic heterocycles. The second kappa shape index (κ2) is 9.85. The molecule has 0 saturated heterocycles. The maximum atomic E-state index is 13.0. The van der Waals surface area contributed by atoms with Crippen LogP contribution in [0.3, 0.4) is 0 Å². The van der Waals surface area contributed by atoms with Gasteiger partial charge < -0.3 is 20.3 Å². The number of ether oxygens (including phenoxy) is 1. The number of nitrogens with one attached hydrogen (secondary N) is 1. The number of fused-ring (bicyclic) bond motifs is 1. The minimum Gasteiger partial charge on any atom is -0.465 e. The van der Waals surface area contributed by atoms with Crippen LogP contribution < -0.4 is 5.32 Å². The van der Waals surface area contributed by atoms with Crippen molar-refractivity contribution in [1.82, 2.24) is 9.97 Å². The average molecular weight is 496 g/mol. The summed E-state index contributed by atoms with van der Waals surface area (Å²) >= 11 is 1.47. The van der Waals surface area contributed by atoms with E-state index in [1.807, 2.05) is 0 Å². The van der Waals surface area contributed by atoms with Crippen molar-refractivity contribution in [3.05, 3.63) is 52.3 Å². The summed E-state index contributed by atoms with van der Waals surface area (Å²) in [5.41, 5.74) is -0.470. The first kappa shape index (κ1) is 24.4. The number of esters is 1. The Morgan fingerprint density at radius 1 is 1.24 bits per heavy atom. The number of aliphatic hydroxyl groups excluding tert-OH is 2. The lowest BCUT2D eigenvalue weighted by Gasteiger charge is -2.25. The highest BCUT2D eigenvalue weighted by atomic mass is 32.1. The molecule has 0 spiro atoms. The Morgan fingerprint density at radius 3 is 2.62 bits per heavy atom. The van der Waals surface area contributed by atoms with E-state index in [1.165, 1.54) is 24.5 Å². The quantitative estimate of drug-likeness (QED) is 0.331. The molecule has 4 rings (SSSR count). The van der Waals surface area contributed by atoms with E-state index in [2.05, 4.69) is 10.3 Å². The van der Waals surface area contributed by atoms with Gasteiger partial charge in [0, 0.05) is 12.5 Å². The molecule has 1 unspecified atom stereocenters. The van der Waals surface area contributed by atoms with Gasteiger partial charge in [0.25, 0.3) is 0 Å². The van der Waals surface area contributed by atoms with E-state index in [0.29, 0.717) is 11.4 Å². The number of aromatic nitrogens is 2. The lowest BCUT2D eigenvalue weighted by Crippen LogP contribution is -2.17. The van der Waals surface area contributed by atoms with Crippen molar-refractivity contribution < 1.29 is 32.9 Å². The van der Waals surface area contributed by atoms with Crippen molar-refractivity contribution in [1.29, 1.82) is 0 Å². The molecule has 182 valence electrons. The summed E-state index contributed by atoms with van der Waals surface area (Å²) in [7, 11) is 1.22. The maximum absolute atomic E-state index is 13.0. The number of thiazole rings is 1. The lowest BCUT2D eigenvalue weighted by molar-refractivity contribution is -0.141. The molecule has 3 aromatic rings. The van der Waals surface area contributed by atoms with Crippen molar-refractivity contribution in [2.24, 2.45) is 5.92 Å². The highest BCUT2D eigenvalue weighted by molar-refractivity contribution is 7.18. The minimum absolute atomic E-state index is 0.0989. The molecule has 0 radical (unpaired) electrons. The van der Waals surface area contributed by atoms with Crippen molar-refractivity contribution in [3.63, 3.8) is 0 Å². The van der Waals surface area contributed by atoms with E-state index in [4.69, 9.17) is 9.72 Å². The molecule has 11 heteroatoms. The molecular weight excluding hydrogens is 471 g/mol. The molecule has 1 aromatic carbocycles. The SMILES string of the molecule is COC(=O)c1cc2nc(C3CCC(CO)CC3)sc2cc1NC(O)c1cccc(C(F)(F)F)n1. The second-order valence-electron chi connectivity index (χ2n) is 8.30. The Morgan fingerprint density at radius 2 is 1.97 bits per heavy atom. The number of hydrogen-bond acceptors (Lipinski definition) is 8. The number of hydrogen-bond donors (Lipinski definition) is 3. The van der Waals surface area contributed by atoms with Crippen LogP contribution in [-0.4, -0.2) is 39.9 Å². The first-order valence-electron chi connectivity index (χ1n) is 10.8. The van der Waals surface area contributed by atoms with E-state index >= 15 is 0 Å². The van der Waals surface area contributed by atoms with Crippen LogP contribution in [0.5, 0.6) is 0 Å². The Balaban J connectivity index is 1.64. The van der Waals surface area contributed by atoms with Crippen molar-refractivity contribution in [2.75, 3.05) is 19.0 Å². The molecule has 1 aliphatic carbocycles. The van der Waals surface area contributed by atoms with Crippen LogP contribution in [-0.2, 0) is 10.9 Å². The van der Waals surface area contributed by atoms with E-state index < -0.39 is 24.1 Å². The summed E-state index contributed by atoms with van der Waals surface area (Å²) in [4.78, 5) is 20.6. The molecule has 1 atom stereocenters. The van der Waals surface area contributed by atoms with Crippen LogP contribution in [0.4, 0.5) is 18.9 Å². The fourth-order valence-electron chi connectivity index (χ4n) is 4.14. The van der Waals surface area contributed by atoms with Crippen LogP contribution in [0.1, 0.15) is 64.6 Å². The Labute approximate surface area is 197 Å². The minimum atomic E-state index is -4.65. The van der Waals surface area contributed by atoms with Gasteiger partial charge in [-0.25, -0.2) is 14.8 Å². The van der Waals surface area contributed by atoms with E-state index in [1.54, 1.807) is 12.1 Å². The highest BCUT2D eigenvalue weighted by Crippen LogP contribution is 2.40. The molecule has 0 amide bonds. The van der Waals surface area contributed by atoms with Crippen molar-refractivity contribution in [2.45, 2.75) is 44.0 Å². The summed E-state index contributed by atoms with van der Waals surface area (Å²) < 4.78 is 44.6. The number of nitrogens with zero attached hydrogens (tertiary/aromatic N) is 2. The van der Waals surface area contributed by atoms with Gasteiger partial charge in [-0.05, 0) is 55.9 Å². The number of methoxy groups -OCH3 is 1. The standard InChI is InChI=1S/C23H24F3N3O4S/c1-33-22(32)14-9-17-18(34-21(29-17)13-7-5-12(11-30)6-8-13)10-16(14)28-20(31)15-3-2-4-19(27-15)23(24,25)26/h2-4,9-10,12-13,20,28,30-31H,5-8,11H2,1H3. The van der Waals surface area contributed by atoms with Gasteiger partial charge in [-0.1, -0.05) is 6.07 Å². The molecule has 34 heavy (non-hydrogen) atoms. The number of rotatable bonds is 6. The van der Waals surface area contributed by atoms with E-state index in [0.717, 1.165) is 47.5 Å². The summed E-state index contributed by atoms with van der Waals surface area (Å²) in [6, 6.07) is 6.42. The fourth-order valence-corrected chi connectivity index (χ4v) is 5.30. The largest absolute Gasteiger partial charge is 0.465 e. The zero-order valence-electron chi connectivity index (χ0n) is 18.3. The van der Waals surface area contributed by atoms with Gasteiger partial charge in [-0.15, -0.1) is 11.3 Å². The molecule has 2 aromatic heterocycles. The molecule has 0 bridgehead atoms. The predicted octanol–water partition coefficient (Wildman–Crippen LogP) is 4.87. The molecule has 7 nitrogen and oxygen atoms in total. The highest BCUT2D eigenvalue weighted by Gasteiger charge is 2.33. The molecule has 3 N–H and O–H groups in total. The number of pyridine rings is 1. The number of carbonyl (C=O) groups is 1. The first-order chi connectivity index (χ1) is 16.2. The van der Waals surface area contributed by atoms with E-state index in [-0.39, 0.29) is 29.5 Å². The van der Waals surface area contributed by atoms with Gasteiger partial charge in [-0.2, -0.15) is 13.2 Å². The van der Waals surface area contributed by atoms with Crippen LogP contribution in [0.15, 0.2) is 30.3 Å². The monoisotopic (exact) mass is 495 g/mol. The van der Waals surface area contributed by atoms with Gasteiger partial charge >= 0.3 is 12.1 Å². The maximum Gasteiger partial charge on any atom is 0.433 e. The van der Waals surface area contributed by atoms with E-state index in [9.17, 15) is 28.2 Å². The van der Waals surface area contributed by atoms with Crippen molar-refractivity contribution >= 4 is 33.2 Å². The van der Waals surface area contributed by atoms with Crippen molar-refractivity contribution in [3.8, 4) is 0 Å². The second-order valence-corrected chi connectivity index (χ2v) is 9.36. The smallest absolute Gasteiger partial charge is 0.433 e. The summed E-state index contributed by atoms with van der Waals surface area (Å²) in [6.07, 6.45) is -2.56. The summed E-state index contributed by atoms with van der Waals surface area (Å²) in [5, 5.41) is 23.5. The van der Waals surface area contributed by atoms with Gasteiger partial charge in [0.2, 0.25) is 0 Å². The van der Waals surface area contributed by atoms with Gasteiger partial charge in [0.05, 0.1) is 39.3 Å². The number of carbonyl (C=O) groups excluding carboxylic acids is 1. The molecule has 2 heterocycles. The number of benzene rings is 1. The Kier molecular flexibility index (Phi) is 7.06. The molecule has 1 saturated carbocycles. The summed E-state index contributed by atoms with van der Waals surface area (Å²) in [6.45, 7) is 0.188. The summed E-state index contributed by atoms with van der Waals surface area (Å²) in [5.74, 6) is -0.0945. The predicted molar refractivity (Wildman–Crippen MR) is 121 cm³/mol. The number of anilines is 1. The number of aliphatic hydroxyl groups is 2. The zero-order chi connectivity index (χ0) is 24.5. The fraction of sp³-hybridized carbons (Fsp3) is 0.435.